The number of piperidine rings is 1. The van der Waals surface area contributed by atoms with E-state index in [1.54, 1.807) is 22.8 Å². The van der Waals surface area contributed by atoms with Crippen LogP contribution in [0.3, 0.4) is 0 Å². The number of hydrogen-bond donors (Lipinski definition) is 1. The first-order valence-electron chi connectivity index (χ1n) is 7.55. The topological polar surface area (TPSA) is 66.1 Å². The molecule has 0 spiro atoms. The van der Waals surface area contributed by atoms with Crippen molar-refractivity contribution in [3.8, 4) is 0 Å². The number of sulfonamides is 1. The maximum Gasteiger partial charge on any atom is 0.243 e. The summed E-state index contributed by atoms with van der Waals surface area (Å²) < 4.78 is 27.5. The highest BCUT2D eigenvalue weighted by Gasteiger charge is 2.32. The fraction of sp³-hybridized carbons (Fsp3) is 0.438. The van der Waals surface area contributed by atoms with Gasteiger partial charge in [0.1, 0.15) is 5.82 Å². The number of nitrogens with one attached hydrogen (secondary N) is 1. The van der Waals surface area contributed by atoms with Crippen molar-refractivity contribution in [2.75, 3.05) is 13.1 Å². The fourth-order valence-corrected chi connectivity index (χ4v) is 4.84. The van der Waals surface area contributed by atoms with Gasteiger partial charge >= 0.3 is 0 Å². The Balaban J connectivity index is 1.88. The third kappa shape index (κ3) is 2.80. The molecule has 22 heavy (non-hydrogen) atoms. The van der Waals surface area contributed by atoms with Crippen molar-refractivity contribution >= 4 is 10.0 Å². The molecule has 1 fully saturated rings. The van der Waals surface area contributed by atoms with Crippen molar-refractivity contribution in [1.29, 1.82) is 0 Å². The summed E-state index contributed by atoms with van der Waals surface area (Å²) in [6, 6.07) is 5.49. The summed E-state index contributed by atoms with van der Waals surface area (Å²) in [5, 5.41) is 0. The van der Waals surface area contributed by atoms with Gasteiger partial charge in [-0.25, -0.2) is 13.4 Å². The van der Waals surface area contributed by atoms with Crippen molar-refractivity contribution < 1.29 is 8.42 Å². The lowest BCUT2D eigenvalue weighted by Gasteiger charge is -2.31. The molecule has 0 saturated carbocycles. The zero-order valence-electron chi connectivity index (χ0n) is 12.9. The second-order valence-electron chi connectivity index (χ2n) is 5.95. The lowest BCUT2D eigenvalue weighted by molar-refractivity contribution is 0.310. The molecule has 1 aromatic heterocycles. The van der Waals surface area contributed by atoms with E-state index in [1.807, 2.05) is 26.0 Å². The average molecular weight is 319 g/mol. The number of imidazole rings is 1. The predicted molar refractivity (Wildman–Crippen MR) is 85.2 cm³/mol. The minimum atomic E-state index is -3.44. The number of benzene rings is 1. The van der Waals surface area contributed by atoms with Gasteiger partial charge in [0.2, 0.25) is 10.0 Å². The molecule has 0 amide bonds. The van der Waals surface area contributed by atoms with Crippen LogP contribution >= 0.6 is 0 Å². The lowest BCUT2D eigenvalue weighted by Crippen LogP contribution is -2.39. The van der Waals surface area contributed by atoms with E-state index < -0.39 is 10.0 Å². The van der Waals surface area contributed by atoms with Gasteiger partial charge in [-0.2, -0.15) is 4.31 Å². The number of aromatic nitrogens is 2. The van der Waals surface area contributed by atoms with Crippen LogP contribution in [0.2, 0.25) is 0 Å². The molecule has 0 unspecified atom stereocenters. The Kier molecular flexibility index (Phi) is 4.06. The smallest absolute Gasteiger partial charge is 0.243 e. The molecule has 1 aliphatic rings. The van der Waals surface area contributed by atoms with E-state index >= 15 is 0 Å². The molecule has 0 aliphatic carbocycles. The Labute approximate surface area is 131 Å². The standard InChI is InChI=1S/C16H21N3O2S/c1-12-5-6-15(13(2)10-12)22(20,21)19-9-3-4-14(11-19)16-17-7-8-18-16/h5-8,10,14H,3-4,9,11H2,1-2H3,(H,17,18)/t14-/m1/s1. The van der Waals surface area contributed by atoms with E-state index in [4.69, 9.17) is 0 Å². The largest absolute Gasteiger partial charge is 0.348 e. The van der Waals surface area contributed by atoms with Gasteiger partial charge in [-0.3, -0.25) is 0 Å². The highest BCUT2D eigenvalue weighted by Crippen LogP contribution is 2.29. The number of hydrogen-bond acceptors (Lipinski definition) is 3. The van der Waals surface area contributed by atoms with E-state index in [0.29, 0.717) is 18.0 Å². The van der Waals surface area contributed by atoms with E-state index in [-0.39, 0.29) is 5.92 Å². The van der Waals surface area contributed by atoms with Crippen LogP contribution in [0.15, 0.2) is 35.5 Å². The monoisotopic (exact) mass is 319 g/mol. The van der Waals surface area contributed by atoms with Gasteiger partial charge < -0.3 is 4.98 Å². The summed E-state index contributed by atoms with van der Waals surface area (Å²) in [5.41, 5.74) is 1.88. The highest BCUT2D eigenvalue weighted by molar-refractivity contribution is 7.89. The van der Waals surface area contributed by atoms with Gasteiger partial charge in [0, 0.05) is 31.4 Å². The van der Waals surface area contributed by atoms with Crippen LogP contribution in [0.5, 0.6) is 0 Å². The summed E-state index contributed by atoms with van der Waals surface area (Å²) in [5.74, 6) is 1.02. The number of H-pyrrole nitrogens is 1. The third-order valence-electron chi connectivity index (χ3n) is 4.24. The summed E-state index contributed by atoms with van der Waals surface area (Å²) in [6.07, 6.45) is 5.32. The lowest BCUT2D eigenvalue weighted by atomic mass is 9.99. The van der Waals surface area contributed by atoms with Gasteiger partial charge in [0.25, 0.3) is 0 Å². The molecule has 3 rings (SSSR count). The van der Waals surface area contributed by atoms with Crippen LogP contribution in [0, 0.1) is 13.8 Å². The molecule has 2 aromatic rings. The fourth-order valence-electron chi connectivity index (χ4n) is 3.11. The Morgan fingerprint density at radius 3 is 2.82 bits per heavy atom. The van der Waals surface area contributed by atoms with Crippen molar-refractivity contribution in [3.05, 3.63) is 47.5 Å². The summed E-state index contributed by atoms with van der Waals surface area (Å²) >= 11 is 0. The van der Waals surface area contributed by atoms with Crippen molar-refractivity contribution in [1.82, 2.24) is 14.3 Å². The van der Waals surface area contributed by atoms with Gasteiger partial charge in [-0.05, 0) is 38.3 Å². The van der Waals surface area contributed by atoms with Crippen molar-refractivity contribution in [2.45, 2.75) is 37.5 Å². The van der Waals surface area contributed by atoms with Crippen LogP contribution in [-0.2, 0) is 10.0 Å². The van der Waals surface area contributed by atoms with Gasteiger partial charge in [-0.1, -0.05) is 17.7 Å². The highest BCUT2D eigenvalue weighted by atomic mass is 32.2. The summed E-state index contributed by atoms with van der Waals surface area (Å²) in [6.45, 7) is 4.89. The molecule has 0 radical (unpaired) electrons. The van der Waals surface area contributed by atoms with E-state index in [9.17, 15) is 8.42 Å². The van der Waals surface area contributed by atoms with E-state index in [0.717, 1.165) is 29.8 Å². The number of aryl methyl sites for hydroxylation is 2. The maximum absolute atomic E-state index is 12.9. The molecule has 118 valence electrons. The van der Waals surface area contributed by atoms with Gasteiger partial charge in [0.05, 0.1) is 4.90 Å². The van der Waals surface area contributed by atoms with Crippen LogP contribution in [0.25, 0.3) is 0 Å². The molecule has 6 heteroatoms. The normalized spacial score (nSPS) is 20.2. The number of aromatic amines is 1. The second-order valence-corrected chi connectivity index (χ2v) is 7.85. The number of rotatable bonds is 3. The molecule has 1 N–H and O–H groups in total. The maximum atomic E-state index is 12.9. The van der Waals surface area contributed by atoms with Crippen LogP contribution in [0.1, 0.15) is 35.7 Å². The molecular formula is C16H21N3O2S. The van der Waals surface area contributed by atoms with Crippen LogP contribution in [-0.4, -0.2) is 35.8 Å². The number of nitrogens with zero attached hydrogens (tertiary/aromatic N) is 2. The molecule has 2 heterocycles. The second kappa shape index (κ2) is 5.85. The average Bonchev–Trinajstić information content (AvgIpc) is 3.01. The first-order chi connectivity index (χ1) is 10.5. The Bertz CT molecular complexity index is 754. The SMILES string of the molecule is Cc1ccc(S(=O)(=O)N2CCC[C@@H](c3ncc[nH]3)C2)c(C)c1. The van der Waals surface area contributed by atoms with Gasteiger partial charge in [-0.15, -0.1) is 0 Å². The minimum absolute atomic E-state index is 0.143. The Morgan fingerprint density at radius 1 is 1.32 bits per heavy atom. The van der Waals surface area contributed by atoms with Gasteiger partial charge in [0.15, 0.2) is 0 Å². The van der Waals surface area contributed by atoms with Crippen molar-refractivity contribution in [3.63, 3.8) is 0 Å². The van der Waals surface area contributed by atoms with Crippen LogP contribution < -0.4 is 0 Å². The summed E-state index contributed by atoms with van der Waals surface area (Å²) in [4.78, 5) is 7.80. The zero-order chi connectivity index (χ0) is 15.7. The first-order valence-corrected chi connectivity index (χ1v) is 8.99. The van der Waals surface area contributed by atoms with Crippen LogP contribution in [0.4, 0.5) is 0 Å². The zero-order valence-corrected chi connectivity index (χ0v) is 13.7. The molecule has 5 nitrogen and oxygen atoms in total. The molecule has 1 saturated heterocycles. The predicted octanol–water partition coefficient (Wildman–Crippen LogP) is 2.59. The van der Waals surface area contributed by atoms with E-state index in [2.05, 4.69) is 9.97 Å². The Morgan fingerprint density at radius 2 is 2.14 bits per heavy atom. The third-order valence-corrected chi connectivity index (χ3v) is 6.26. The first kappa shape index (κ1) is 15.2. The van der Waals surface area contributed by atoms with E-state index in [1.165, 1.54) is 0 Å². The molecule has 1 aromatic carbocycles. The quantitative estimate of drug-likeness (QED) is 0.945. The summed E-state index contributed by atoms with van der Waals surface area (Å²) in [7, 11) is -3.44. The molecule has 1 atom stereocenters. The Hall–Kier alpha value is -1.66. The molecule has 0 bridgehead atoms. The van der Waals surface area contributed by atoms with Crippen molar-refractivity contribution in [2.24, 2.45) is 0 Å². The molecular weight excluding hydrogens is 298 g/mol. The molecule has 1 aliphatic heterocycles. The minimum Gasteiger partial charge on any atom is -0.348 e.